The van der Waals surface area contributed by atoms with E-state index in [-0.39, 0.29) is 17.2 Å². The van der Waals surface area contributed by atoms with E-state index in [2.05, 4.69) is 24.1 Å². The fourth-order valence-electron chi connectivity index (χ4n) is 4.39. The van der Waals surface area contributed by atoms with Crippen LogP contribution in [0.15, 0.2) is 36.9 Å². The molecule has 0 fully saturated rings. The Morgan fingerprint density at radius 1 is 0.917 bits per heavy atom. The Hall–Kier alpha value is -2.67. The molecule has 7 nitrogen and oxygen atoms in total. The summed E-state index contributed by atoms with van der Waals surface area (Å²) in [5.41, 5.74) is 0.728. The first-order valence-corrected chi connectivity index (χ1v) is 13.8. The number of carboxylic acid groups (broad SMARTS) is 1. The molecule has 0 saturated heterocycles. The summed E-state index contributed by atoms with van der Waals surface area (Å²) >= 11 is 0. The number of carbonyl (C=O) groups excluding carboxylic acids is 1. The van der Waals surface area contributed by atoms with Gasteiger partial charge in [-0.05, 0) is 31.0 Å². The third-order valence-corrected chi connectivity index (χ3v) is 6.57. The van der Waals surface area contributed by atoms with Crippen LogP contribution >= 0.6 is 0 Å². The van der Waals surface area contributed by atoms with E-state index in [4.69, 9.17) is 4.74 Å². The number of imidazole rings is 1. The van der Waals surface area contributed by atoms with Crippen molar-refractivity contribution >= 4 is 17.6 Å². The van der Waals surface area contributed by atoms with Gasteiger partial charge in [0.05, 0.1) is 17.2 Å². The normalized spacial score (nSPS) is 11.9. The van der Waals surface area contributed by atoms with E-state index in [9.17, 15) is 14.7 Å². The number of nitrogens with zero attached hydrogens (tertiary/aromatic N) is 2. The molecule has 0 amide bonds. The van der Waals surface area contributed by atoms with Crippen LogP contribution in [0.1, 0.15) is 124 Å². The molecule has 0 radical (unpaired) electrons. The molecule has 2 N–H and O–H groups in total. The van der Waals surface area contributed by atoms with Gasteiger partial charge in [-0.1, -0.05) is 90.9 Å². The predicted molar refractivity (Wildman–Crippen MR) is 145 cm³/mol. The lowest BCUT2D eigenvalue weighted by molar-refractivity contribution is 0.0503. The number of benzene rings is 1. The fraction of sp³-hybridized carbons (Fsp3) is 0.621. The Bertz CT molecular complexity index is 883. The molecule has 1 aromatic carbocycles. The maximum absolute atomic E-state index is 12.8. The molecule has 36 heavy (non-hydrogen) atoms. The minimum atomic E-state index is -1.14. The van der Waals surface area contributed by atoms with Crippen LogP contribution < -0.4 is 5.32 Å². The topological polar surface area (TPSA) is 93.5 Å². The number of anilines is 1. The fourth-order valence-corrected chi connectivity index (χ4v) is 4.39. The number of hydrogen-bond donors (Lipinski definition) is 2. The molecule has 0 aliphatic rings. The standard InChI is InChI=1S/C29H45N3O4/c1-3-5-7-9-10-12-14-16-25(15-13-11-8-6-4-2)36-23-31-24-17-18-26(29(34)35)27(21-24)28(33)32-20-19-30-22-32/h17-22,25,31H,3-16,23H2,1-2H3,(H,34,35). The zero-order valence-electron chi connectivity index (χ0n) is 22.2. The molecular weight excluding hydrogens is 454 g/mol. The van der Waals surface area contributed by atoms with E-state index in [0.29, 0.717) is 12.4 Å². The van der Waals surface area contributed by atoms with Gasteiger partial charge in [0.2, 0.25) is 0 Å². The average Bonchev–Trinajstić information content (AvgIpc) is 3.42. The van der Waals surface area contributed by atoms with Crippen molar-refractivity contribution in [1.29, 1.82) is 0 Å². The monoisotopic (exact) mass is 499 g/mol. The molecular formula is C29H45N3O4. The van der Waals surface area contributed by atoms with Crippen molar-refractivity contribution in [3.63, 3.8) is 0 Å². The van der Waals surface area contributed by atoms with Gasteiger partial charge in [0.1, 0.15) is 13.1 Å². The number of rotatable bonds is 20. The van der Waals surface area contributed by atoms with E-state index in [1.165, 1.54) is 106 Å². The van der Waals surface area contributed by atoms with Gasteiger partial charge in [0, 0.05) is 18.1 Å². The van der Waals surface area contributed by atoms with Gasteiger partial charge in [0.15, 0.2) is 0 Å². The highest BCUT2D eigenvalue weighted by molar-refractivity contribution is 6.06. The van der Waals surface area contributed by atoms with Crippen LogP contribution in [0.4, 0.5) is 5.69 Å². The maximum Gasteiger partial charge on any atom is 0.336 e. The van der Waals surface area contributed by atoms with Gasteiger partial charge in [-0.15, -0.1) is 0 Å². The summed E-state index contributed by atoms with van der Waals surface area (Å²) in [5.74, 6) is -1.57. The Morgan fingerprint density at radius 3 is 2.08 bits per heavy atom. The highest BCUT2D eigenvalue weighted by atomic mass is 16.5. The smallest absolute Gasteiger partial charge is 0.336 e. The van der Waals surface area contributed by atoms with Crippen LogP contribution in [-0.2, 0) is 4.74 Å². The minimum absolute atomic E-state index is 0.0379. The lowest BCUT2D eigenvalue weighted by Gasteiger charge is -2.19. The summed E-state index contributed by atoms with van der Waals surface area (Å²) in [6.07, 6.45) is 21.9. The summed E-state index contributed by atoms with van der Waals surface area (Å²) in [4.78, 5) is 28.3. The molecule has 200 valence electrons. The first-order valence-electron chi connectivity index (χ1n) is 13.8. The van der Waals surface area contributed by atoms with Gasteiger partial charge in [-0.3, -0.25) is 9.36 Å². The van der Waals surface area contributed by atoms with Crippen molar-refractivity contribution in [2.24, 2.45) is 0 Å². The molecule has 0 spiro atoms. The van der Waals surface area contributed by atoms with Gasteiger partial charge in [0.25, 0.3) is 5.91 Å². The minimum Gasteiger partial charge on any atom is -0.478 e. The number of aromatic nitrogens is 2. The zero-order chi connectivity index (χ0) is 26.0. The number of carboxylic acids is 1. The summed E-state index contributed by atoms with van der Waals surface area (Å²) in [5, 5.41) is 12.8. The molecule has 7 heteroatoms. The number of aromatic carboxylic acids is 1. The van der Waals surface area contributed by atoms with Crippen LogP contribution in [0.5, 0.6) is 0 Å². The number of carbonyl (C=O) groups is 2. The Balaban J connectivity index is 1.90. The van der Waals surface area contributed by atoms with Crippen molar-refractivity contribution in [1.82, 2.24) is 9.55 Å². The van der Waals surface area contributed by atoms with E-state index in [1.54, 1.807) is 12.1 Å². The second-order valence-corrected chi connectivity index (χ2v) is 9.56. The highest BCUT2D eigenvalue weighted by Crippen LogP contribution is 2.20. The van der Waals surface area contributed by atoms with Crippen LogP contribution in [0.3, 0.4) is 0 Å². The Labute approximate surface area is 216 Å². The zero-order valence-corrected chi connectivity index (χ0v) is 22.2. The van der Waals surface area contributed by atoms with Crippen LogP contribution in [-0.4, -0.2) is 39.4 Å². The molecule has 0 bridgehead atoms. The van der Waals surface area contributed by atoms with Crippen LogP contribution in [0, 0.1) is 0 Å². The van der Waals surface area contributed by atoms with Gasteiger partial charge >= 0.3 is 5.97 Å². The van der Waals surface area contributed by atoms with Crippen LogP contribution in [0.25, 0.3) is 0 Å². The molecule has 1 heterocycles. The molecule has 0 saturated carbocycles. The van der Waals surface area contributed by atoms with E-state index >= 15 is 0 Å². The number of unbranched alkanes of at least 4 members (excludes halogenated alkanes) is 10. The van der Waals surface area contributed by atoms with Gasteiger partial charge in [-0.2, -0.15) is 0 Å². The maximum atomic E-state index is 12.8. The lowest BCUT2D eigenvalue weighted by atomic mass is 10.0. The second kappa shape index (κ2) is 17.7. The quantitative estimate of drug-likeness (QED) is 0.144. The molecule has 0 aliphatic heterocycles. The Morgan fingerprint density at radius 2 is 1.53 bits per heavy atom. The van der Waals surface area contributed by atoms with Crippen LogP contribution in [0.2, 0.25) is 0 Å². The summed E-state index contributed by atoms with van der Waals surface area (Å²) < 4.78 is 7.50. The highest BCUT2D eigenvalue weighted by Gasteiger charge is 2.19. The number of nitrogens with one attached hydrogen (secondary N) is 1. The number of ether oxygens (including phenoxy) is 1. The molecule has 1 aromatic heterocycles. The van der Waals surface area contributed by atoms with Crippen molar-refractivity contribution in [2.45, 2.75) is 110 Å². The number of hydrogen-bond acceptors (Lipinski definition) is 5. The molecule has 1 atom stereocenters. The molecule has 2 aromatic rings. The van der Waals surface area contributed by atoms with Gasteiger partial charge < -0.3 is 15.2 Å². The summed E-state index contributed by atoms with van der Waals surface area (Å²) in [7, 11) is 0. The van der Waals surface area contributed by atoms with E-state index in [0.717, 1.165) is 12.8 Å². The van der Waals surface area contributed by atoms with Gasteiger partial charge in [-0.25, -0.2) is 9.78 Å². The summed E-state index contributed by atoms with van der Waals surface area (Å²) in [6.45, 7) is 4.80. The third kappa shape index (κ3) is 10.9. The molecule has 0 aliphatic carbocycles. The lowest BCUT2D eigenvalue weighted by Crippen LogP contribution is -2.19. The average molecular weight is 500 g/mol. The summed E-state index contributed by atoms with van der Waals surface area (Å²) in [6, 6.07) is 4.71. The second-order valence-electron chi connectivity index (χ2n) is 9.56. The molecule has 1 unspecified atom stereocenters. The largest absolute Gasteiger partial charge is 0.478 e. The van der Waals surface area contributed by atoms with E-state index in [1.807, 2.05) is 0 Å². The SMILES string of the molecule is CCCCCCCCCC(CCCCCCC)OCNc1ccc(C(=O)O)c(C(=O)n2ccnc2)c1. The van der Waals surface area contributed by atoms with Crippen molar-refractivity contribution in [2.75, 3.05) is 12.0 Å². The third-order valence-electron chi connectivity index (χ3n) is 6.57. The van der Waals surface area contributed by atoms with Crippen molar-refractivity contribution in [3.05, 3.63) is 48.0 Å². The first kappa shape index (κ1) is 29.6. The van der Waals surface area contributed by atoms with Crippen molar-refractivity contribution in [3.8, 4) is 0 Å². The molecule has 2 rings (SSSR count). The van der Waals surface area contributed by atoms with Crippen molar-refractivity contribution < 1.29 is 19.4 Å². The Kier molecular flexibility index (Phi) is 14.5. The predicted octanol–water partition coefficient (Wildman–Crippen LogP) is 7.53. The first-order chi connectivity index (χ1) is 17.6. The van der Waals surface area contributed by atoms with E-state index < -0.39 is 11.9 Å².